The third kappa shape index (κ3) is 5.56. The van der Waals surface area contributed by atoms with Crippen LogP contribution >= 0.6 is 11.3 Å². The molecule has 0 radical (unpaired) electrons. The maximum atomic E-state index is 12.6. The van der Waals surface area contributed by atoms with E-state index in [9.17, 15) is 19.2 Å². The van der Waals surface area contributed by atoms with Crippen molar-refractivity contribution in [3.05, 3.63) is 22.4 Å². The Labute approximate surface area is 174 Å². The van der Waals surface area contributed by atoms with Crippen molar-refractivity contribution in [1.29, 1.82) is 0 Å². The Balaban J connectivity index is 1.49. The summed E-state index contributed by atoms with van der Waals surface area (Å²) in [6.45, 7) is 1.89. The van der Waals surface area contributed by atoms with Crippen LogP contribution in [0.1, 0.15) is 61.5 Å². The molecule has 2 atom stereocenters. The zero-order valence-corrected chi connectivity index (χ0v) is 17.3. The molecule has 1 aliphatic carbocycles. The Morgan fingerprint density at radius 2 is 1.90 bits per heavy atom. The number of ether oxygens (including phenoxy) is 1. The van der Waals surface area contributed by atoms with Crippen LogP contribution in [0.4, 0.5) is 4.79 Å². The van der Waals surface area contributed by atoms with E-state index in [-0.39, 0.29) is 11.9 Å². The molecule has 2 aliphatic rings. The number of imide groups is 1. The van der Waals surface area contributed by atoms with Gasteiger partial charge in [0.25, 0.3) is 11.8 Å². The average molecular weight is 422 g/mol. The molecule has 1 aromatic heterocycles. The van der Waals surface area contributed by atoms with Crippen LogP contribution in [0.3, 0.4) is 0 Å². The van der Waals surface area contributed by atoms with Crippen molar-refractivity contribution < 1.29 is 23.9 Å². The van der Waals surface area contributed by atoms with Gasteiger partial charge in [-0.3, -0.25) is 14.9 Å². The molecule has 2 fully saturated rings. The minimum absolute atomic E-state index is 0.0738. The Morgan fingerprint density at radius 1 is 1.14 bits per heavy atom. The molecule has 0 bridgehead atoms. The molecule has 0 aromatic carbocycles. The maximum absolute atomic E-state index is 12.6. The second kappa shape index (κ2) is 9.87. The van der Waals surface area contributed by atoms with Gasteiger partial charge in [-0.2, -0.15) is 0 Å². The Morgan fingerprint density at radius 3 is 2.59 bits per heavy atom. The van der Waals surface area contributed by atoms with Gasteiger partial charge in [-0.1, -0.05) is 25.3 Å². The molecule has 9 heteroatoms. The molecule has 1 aromatic rings. The van der Waals surface area contributed by atoms with Gasteiger partial charge in [0.15, 0.2) is 6.10 Å². The van der Waals surface area contributed by atoms with Crippen LogP contribution in [-0.2, 0) is 14.3 Å². The second-order valence-electron chi connectivity index (χ2n) is 7.51. The highest BCUT2D eigenvalue weighted by atomic mass is 32.1. The fourth-order valence-electron chi connectivity index (χ4n) is 3.78. The maximum Gasteiger partial charge on any atom is 0.329 e. The van der Waals surface area contributed by atoms with E-state index in [0.29, 0.717) is 24.3 Å². The van der Waals surface area contributed by atoms with Crippen LogP contribution in [-0.4, -0.2) is 53.4 Å². The fraction of sp³-hybridized carbons (Fsp3) is 0.600. The minimum Gasteiger partial charge on any atom is -0.451 e. The number of nitrogens with one attached hydrogen (secondary N) is 2. The molecule has 1 saturated heterocycles. The van der Waals surface area contributed by atoms with Crippen molar-refractivity contribution >= 4 is 35.2 Å². The largest absolute Gasteiger partial charge is 0.451 e. The molecular weight excluding hydrogens is 394 g/mol. The molecule has 2 N–H and O–H groups in total. The molecule has 1 saturated carbocycles. The summed E-state index contributed by atoms with van der Waals surface area (Å²) in [4.78, 5) is 51.4. The summed E-state index contributed by atoms with van der Waals surface area (Å²) in [7, 11) is 0. The lowest BCUT2D eigenvalue weighted by atomic mass is 9.96. The molecular formula is C20H27N3O5S. The van der Waals surface area contributed by atoms with Crippen LogP contribution in [0.15, 0.2) is 17.5 Å². The quantitative estimate of drug-likeness (QED) is 0.711. The molecule has 0 spiro atoms. The number of carbonyl (C=O) groups excluding carboxylic acids is 4. The van der Waals surface area contributed by atoms with Crippen molar-refractivity contribution in [3.63, 3.8) is 0 Å². The zero-order valence-electron chi connectivity index (χ0n) is 16.5. The van der Waals surface area contributed by atoms with Gasteiger partial charge in [0.1, 0.15) is 6.04 Å². The van der Waals surface area contributed by atoms with Crippen molar-refractivity contribution in [1.82, 2.24) is 15.5 Å². The summed E-state index contributed by atoms with van der Waals surface area (Å²) < 4.78 is 5.26. The van der Waals surface area contributed by atoms with Crippen LogP contribution in [0.5, 0.6) is 0 Å². The second-order valence-corrected chi connectivity index (χ2v) is 8.46. The highest BCUT2D eigenvalue weighted by Gasteiger charge is 2.37. The lowest BCUT2D eigenvalue weighted by Gasteiger charge is -2.25. The summed E-state index contributed by atoms with van der Waals surface area (Å²) >= 11 is 1.32. The highest BCUT2D eigenvalue weighted by molar-refractivity contribution is 7.12. The zero-order chi connectivity index (χ0) is 20.8. The van der Waals surface area contributed by atoms with Gasteiger partial charge in [0.05, 0.1) is 4.88 Å². The van der Waals surface area contributed by atoms with E-state index in [1.165, 1.54) is 29.6 Å². The van der Waals surface area contributed by atoms with E-state index in [4.69, 9.17) is 4.74 Å². The van der Waals surface area contributed by atoms with Crippen molar-refractivity contribution in [2.24, 2.45) is 0 Å². The number of carbonyl (C=O) groups is 4. The monoisotopic (exact) mass is 421 g/mol. The van der Waals surface area contributed by atoms with E-state index >= 15 is 0 Å². The van der Waals surface area contributed by atoms with Gasteiger partial charge in [-0.05, 0) is 44.1 Å². The average Bonchev–Trinajstić information content (AvgIpc) is 3.40. The Bertz CT molecular complexity index is 745. The number of nitrogens with zero attached hydrogens (tertiary/aromatic N) is 1. The fourth-order valence-corrected chi connectivity index (χ4v) is 4.46. The first-order valence-electron chi connectivity index (χ1n) is 10.1. The number of thiophene rings is 1. The molecule has 4 amide bonds. The van der Waals surface area contributed by atoms with Crippen molar-refractivity contribution in [3.8, 4) is 0 Å². The summed E-state index contributed by atoms with van der Waals surface area (Å²) in [5, 5.41) is 6.83. The SMILES string of the molecule is CC(OC(=O)C1CCCN1C(=O)c1cccs1)C(=O)NC(=O)NC1CCCCC1. The smallest absolute Gasteiger partial charge is 0.329 e. The normalized spacial score (nSPS) is 20.7. The van der Waals surface area contributed by atoms with E-state index in [0.717, 1.165) is 25.7 Å². The molecule has 2 heterocycles. The van der Waals surface area contributed by atoms with Gasteiger partial charge >= 0.3 is 12.0 Å². The number of likely N-dealkylation sites (tertiary alicyclic amines) is 1. The van der Waals surface area contributed by atoms with E-state index in [2.05, 4.69) is 10.6 Å². The number of hydrogen-bond donors (Lipinski definition) is 2. The number of amides is 4. The third-order valence-electron chi connectivity index (χ3n) is 5.36. The predicted molar refractivity (Wildman–Crippen MR) is 107 cm³/mol. The highest BCUT2D eigenvalue weighted by Crippen LogP contribution is 2.23. The first-order valence-corrected chi connectivity index (χ1v) is 11.0. The van der Waals surface area contributed by atoms with Gasteiger partial charge in [0.2, 0.25) is 0 Å². The first kappa shape index (κ1) is 21.3. The Hall–Kier alpha value is -2.42. The van der Waals surface area contributed by atoms with E-state index in [1.807, 2.05) is 0 Å². The van der Waals surface area contributed by atoms with Crippen molar-refractivity contribution in [2.75, 3.05) is 6.54 Å². The van der Waals surface area contributed by atoms with E-state index in [1.54, 1.807) is 17.5 Å². The van der Waals surface area contributed by atoms with Crippen LogP contribution in [0, 0.1) is 0 Å². The number of hydrogen-bond acceptors (Lipinski definition) is 6. The molecule has 158 valence electrons. The summed E-state index contributed by atoms with van der Waals surface area (Å²) in [5.74, 6) is -1.51. The van der Waals surface area contributed by atoms with Crippen LogP contribution < -0.4 is 10.6 Å². The van der Waals surface area contributed by atoms with Crippen LogP contribution in [0.25, 0.3) is 0 Å². The number of rotatable bonds is 5. The molecule has 8 nitrogen and oxygen atoms in total. The lowest BCUT2D eigenvalue weighted by Crippen LogP contribution is -2.49. The number of esters is 1. The molecule has 1 aliphatic heterocycles. The van der Waals surface area contributed by atoms with Gasteiger partial charge < -0.3 is 15.0 Å². The summed E-state index contributed by atoms with van der Waals surface area (Å²) in [6, 6.07) is 2.29. The molecule has 2 unspecified atom stereocenters. The van der Waals surface area contributed by atoms with Crippen LogP contribution in [0.2, 0.25) is 0 Å². The summed E-state index contributed by atoms with van der Waals surface area (Å²) in [6.07, 6.45) is 5.17. The lowest BCUT2D eigenvalue weighted by molar-refractivity contribution is -0.158. The minimum atomic E-state index is -1.13. The van der Waals surface area contributed by atoms with Gasteiger partial charge in [-0.15, -0.1) is 11.3 Å². The molecule has 3 rings (SSSR count). The van der Waals surface area contributed by atoms with Gasteiger partial charge in [-0.25, -0.2) is 9.59 Å². The molecule has 29 heavy (non-hydrogen) atoms. The standard InChI is InChI=1S/C20H27N3O5S/c1-13(17(24)22-20(27)21-14-7-3-2-4-8-14)28-19(26)15-9-5-11-23(15)18(25)16-10-6-12-29-16/h6,10,12-15H,2-5,7-9,11H2,1H3,(H2,21,22,24,27). The summed E-state index contributed by atoms with van der Waals surface area (Å²) in [5.41, 5.74) is 0. The van der Waals surface area contributed by atoms with E-state index < -0.39 is 30.1 Å². The topological polar surface area (TPSA) is 105 Å². The van der Waals surface area contributed by atoms with Gasteiger partial charge in [0, 0.05) is 12.6 Å². The third-order valence-corrected chi connectivity index (χ3v) is 6.21. The predicted octanol–water partition coefficient (Wildman–Crippen LogP) is 2.44. The first-order chi connectivity index (χ1) is 14.0. The Kier molecular flexibility index (Phi) is 7.24. The van der Waals surface area contributed by atoms with Crippen molar-refractivity contribution in [2.45, 2.75) is 70.1 Å². The number of urea groups is 1.